The predicted octanol–water partition coefficient (Wildman–Crippen LogP) is 1.66. The number of rotatable bonds is 6. The maximum atomic E-state index is 11.7. The molecule has 0 aromatic carbocycles. The number of anilines is 2. The van der Waals surface area contributed by atoms with E-state index in [0.29, 0.717) is 50.2 Å². The van der Waals surface area contributed by atoms with Gasteiger partial charge in [0.25, 0.3) is 0 Å². The third-order valence-corrected chi connectivity index (χ3v) is 5.05. The Morgan fingerprint density at radius 2 is 2.12 bits per heavy atom. The van der Waals surface area contributed by atoms with Crippen molar-refractivity contribution < 1.29 is 19.4 Å². The van der Waals surface area contributed by atoms with Crippen LogP contribution in [0.2, 0.25) is 0 Å². The summed E-state index contributed by atoms with van der Waals surface area (Å²) in [7, 11) is 0. The van der Waals surface area contributed by atoms with Gasteiger partial charge in [-0.25, -0.2) is 4.98 Å². The van der Waals surface area contributed by atoms with E-state index >= 15 is 0 Å². The molecule has 1 atom stereocenters. The molecule has 0 saturated carbocycles. The van der Waals surface area contributed by atoms with Crippen LogP contribution in [0.5, 0.6) is 0 Å². The average molecular weight is 364 g/mol. The Labute approximate surface area is 153 Å². The summed E-state index contributed by atoms with van der Waals surface area (Å²) in [4.78, 5) is 22.8. The van der Waals surface area contributed by atoms with Crippen LogP contribution in [0.1, 0.15) is 38.7 Å². The summed E-state index contributed by atoms with van der Waals surface area (Å²) < 4.78 is 11.2. The number of carboxylic acids is 1. The molecule has 0 spiro atoms. The number of nitrogens with zero attached hydrogens (tertiary/aromatic N) is 3. The molecule has 2 saturated heterocycles. The minimum atomic E-state index is -1.07. The number of hydrogen-bond donors (Lipinski definition) is 2. The summed E-state index contributed by atoms with van der Waals surface area (Å²) in [5.41, 5.74) is -0.454. The standard InChI is InChI=1S/C18H28N4O4/c1-18(2,16(23)24)14-12-20-17(19-11-13-5-3-4-8-26-13)21-15(14)22-6-9-25-10-7-22/h12-13H,3-11H2,1-2H3,(H,23,24)(H,19,20,21)/t13-/m0/s1. The monoisotopic (exact) mass is 364 g/mol. The number of aromatic nitrogens is 2. The van der Waals surface area contributed by atoms with E-state index in [1.165, 1.54) is 6.42 Å². The number of morpholine rings is 1. The van der Waals surface area contributed by atoms with Crippen LogP contribution in [0.4, 0.5) is 11.8 Å². The van der Waals surface area contributed by atoms with E-state index < -0.39 is 11.4 Å². The van der Waals surface area contributed by atoms with E-state index in [9.17, 15) is 9.90 Å². The summed E-state index contributed by atoms with van der Waals surface area (Å²) in [6.45, 7) is 7.41. The van der Waals surface area contributed by atoms with Gasteiger partial charge in [-0.1, -0.05) is 0 Å². The molecular formula is C18H28N4O4. The molecule has 2 aliphatic heterocycles. The quantitative estimate of drug-likeness (QED) is 0.787. The van der Waals surface area contributed by atoms with Crippen LogP contribution in [0, 0.1) is 0 Å². The van der Waals surface area contributed by atoms with Gasteiger partial charge in [-0.15, -0.1) is 0 Å². The Morgan fingerprint density at radius 3 is 2.77 bits per heavy atom. The highest BCUT2D eigenvalue weighted by molar-refractivity contribution is 5.82. The van der Waals surface area contributed by atoms with Crippen molar-refractivity contribution in [1.29, 1.82) is 0 Å². The van der Waals surface area contributed by atoms with E-state index in [1.54, 1.807) is 20.0 Å². The Morgan fingerprint density at radius 1 is 1.35 bits per heavy atom. The van der Waals surface area contributed by atoms with E-state index in [-0.39, 0.29) is 6.10 Å². The number of carbonyl (C=O) groups is 1. The van der Waals surface area contributed by atoms with Crippen LogP contribution in [0.15, 0.2) is 6.20 Å². The smallest absolute Gasteiger partial charge is 0.313 e. The van der Waals surface area contributed by atoms with Gasteiger partial charge in [-0.3, -0.25) is 4.79 Å². The van der Waals surface area contributed by atoms with Crippen molar-refractivity contribution >= 4 is 17.7 Å². The normalized spacial score (nSPS) is 21.5. The molecule has 0 unspecified atom stereocenters. The Bertz CT molecular complexity index is 626. The molecule has 1 aromatic rings. The fraction of sp³-hybridized carbons (Fsp3) is 0.722. The molecule has 0 bridgehead atoms. The van der Waals surface area contributed by atoms with E-state index in [4.69, 9.17) is 9.47 Å². The van der Waals surface area contributed by atoms with Gasteiger partial charge in [0.15, 0.2) is 0 Å². The number of ether oxygens (including phenoxy) is 2. The fourth-order valence-electron chi connectivity index (χ4n) is 3.20. The van der Waals surface area contributed by atoms with Crippen LogP contribution in [-0.2, 0) is 19.7 Å². The molecular weight excluding hydrogens is 336 g/mol. The van der Waals surface area contributed by atoms with Crippen molar-refractivity contribution in [1.82, 2.24) is 9.97 Å². The first-order valence-corrected chi connectivity index (χ1v) is 9.27. The summed E-state index contributed by atoms with van der Waals surface area (Å²) in [6, 6.07) is 0. The van der Waals surface area contributed by atoms with Gasteiger partial charge in [0.1, 0.15) is 5.82 Å². The predicted molar refractivity (Wildman–Crippen MR) is 97.8 cm³/mol. The van der Waals surface area contributed by atoms with Gasteiger partial charge in [-0.2, -0.15) is 4.98 Å². The topological polar surface area (TPSA) is 96.8 Å². The van der Waals surface area contributed by atoms with Crippen LogP contribution < -0.4 is 10.2 Å². The molecule has 0 amide bonds. The second-order valence-corrected chi connectivity index (χ2v) is 7.33. The fourth-order valence-corrected chi connectivity index (χ4v) is 3.20. The molecule has 0 radical (unpaired) electrons. The Hall–Kier alpha value is -1.93. The van der Waals surface area contributed by atoms with Gasteiger partial charge < -0.3 is 24.8 Å². The van der Waals surface area contributed by atoms with Crippen LogP contribution >= 0.6 is 0 Å². The lowest BCUT2D eigenvalue weighted by Crippen LogP contribution is -2.40. The number of nitrogens with one attached hydrogen (secondary N) is 1. The molecule has 26 heavy (non-hydrogen) atoms. The van der Waals surface area contributed by atoms with Gasteiger partial charge in [0, 0.05) is 38.0 Å². The van der Waals surface area contributed by atoms with Gasteiger partial charge in [0.2, 0.25) is 5.95 Å². The molecule has 1 aromatic heterocycles. The zero-order chi connectivity index (χ0) is 18.6. The number of hydrogen-bond acceptors (Lipinski definition) is 7. The molecule has 2 aliphatic rings. The van der Waals surface area contributed by atoms with Crippen molar-refractivity contribution in [3.05, 3.63) is 11.8 Å². The lowest BCUT2D eigenvalue weighted by Gasteiger charge is -2.32. The largest absolute Gasteiger partial charge is 0.481 e. The minimum absolute atomic E-state index is 0.175. The summed E-state index contributed by atoms with van der Waals surface area (Å²) in [5.74, 6) is 0.278. The van der Waals surface area contributed by atoms with Crippen LogP contribution in [0.3, 0.4) is 0 Å². The van der Waals surface area contributed by atoms with Crippen molar-refractivity contribution in [2.75, 3.05) is 49.7 Å². The lowest BCUT2D eigenvalue weighted by molar-refractivity contribution is -0.142. The Balaban J connectivity index is 1.82. The lowest BCUT2D eigenvalue weighted by atomic mass is 9.85. The SMILES string of the molecule is CC(C)(C(=O)O)c1cnc(NC[C@@H]2CCCCO2)nc1N1CCOCC1. The average Bonchev–Trinajstić information content (AvgIpc) is 2.67. The number of aliphatic carboxylic acids is 1. The molecule has 2 fully saturated rings. The van der Waals surface area contributed by atoms with E-state index in [0.717, 1.165) is 19.4 Å². The highest BCUT2D eigenvalue weighted by Crippen LogP contribution is 2.32. The third-order valence-electron chi connectivity index (χ3n) is 5.05. The zero-order valence-corrected chi connectivity index (χ0v) is 15.5. The molecule has 144 valence electrons. The highest BCUT2D eigenvalue weighted by atomic mass is 16.5. The molecule has 0 aliphatic carbocycles. The summed E-state index contributed by atoms with van der Waals surface area (Å²) >= 11 is 0. The van der Waals surface area contributed by atoms with Crippen LogP contribution in [0.25, 0.3) is 0 Å². The van der Waals surface area contributed by atoms with Crippen molar-refractivity contribution in [2.45, 2.75) is 44.6 Å². The van der Waals surface area contributed by atoms with Gasteiger partial charge in [-0.05, 0) is 33.1 Å². The summed E-state index contributed by atoms with van der Waals surface area (Å²) in [5, 5.41) is 12.9. The van der Waals surface area contributed by atoms with Crippen molar-refractivity contribution in [2.24, 2.45) is 0 Å². The molecule has 3 rings (SSSR count). The van der Waals surface area contributed by atoms with E-state index in [1.807, 2.05) is 0 Å². The van der Waals surface area contributed by atoms with E-state index in [2.05, 4.69) is 20.2 Å². The molecule has 8 heteroatoms. The first-order chi connectivity index (χ1) is 12.5. The first kappa shape index (κ1) is 18.8. The van der Waals surface area contributed by atoms with Crippen molar-refractivity contribution in [3.8, 4) is 0 Å². The van der Waals surface area contributed by atoms with Gasteiger partial charge >= 0.3 is 5.97 Å². The molecule has 8 nitrogen and oxygen atoms in total. The molecule has 3 heterocycles. The molecule has 2 N–H and O–H groups in total. The maximum Gasteiger partial charge on any atom is 0.313 e. The highest BCUT2D eigenvalue weighted by Gasteiger charge is 2.35. The zero-order valence-electron chi connectivity index (χ0n) is 15.5. The van der Waals surface area contributed by atoms with Crippen LogP contribution in [-0.4, -0.2) is 66.6 Å². The Kier molecular flexibility index (Phi) is 5.93. The number of carboxylic acid groups (broad SMARTS) is 1. The van der Waals surface area contributed by atoms with Crippen molar-refractivity contribution in [3.63, 3.8) is 0 Å². The second-order valence-electron chi connectivity index (χ2n) is 7.33. The van der Waals surface area contributed by atoms with Gasteiger partial charge in [0.05, 0.1) is 24.7 Å². The second kappa shape index (κ2) is 8.18. The maximum absolute atomic E-state index is 11.7. The summed E-state index contributed by atoms with van der Waals surface area (Å²) in [6.07, 6.45) is 5.14. The minimum Gasteiger partial charge on any atom is -0.481 e. The first-order valence-electron chi connectivity index (χ1n) is 9.27. The third kappa shape index (κ3) is 4.24.